The fraction of sp³-hybridized carbons (Fsp3) is 0.444. The summed E-state index contributed by atoms with van der Waals surface area (Å²) in [6, 6.07) is 10.3. The molecular formula is C18H23N3O2S. The van der Waals surface area contributed by atoms with Crippen LogP contribution in [0.15, 0.2) is 35.7 Å². The van der Waals surface area contributed by atoms with Crippen LogP contribution < -0.4 is 0 Å². The largest absolute Gasteiger partial charge is 0.481 e. The van der Waals surface area contributed by atoms with E-state index in [4.69, 9.17) is 10.1 Å². The van der Waals surface area contributed by atoms with Crippen LogP contribution in [0, 0.1) is 0 Å². The highest BCUT2D eigenvalue weighted by atomic mass is 32.1. The Labute approximate surface area is 146 Å². The first-order valence-corrected chi connectivity index (χ1v) is 9.25. The molecule has 0 spiro atoms. The van der Waals surface area contributed by atoms with E-state index in [2.05, 4.69) is 27.3 Å². The Balaban J connectivity index is 1.45. The smallest absolute Gasteiger partial charge is 0.303 e. The number of aromatic nitrogens is 1. The van der Waals surface area contributed by atoms with Gasteiger partial charge in [-0.2, -0.15) is 0 Å². The normalized spacial score (nSPS) is 16.3. The zero-order valence-corrected chi connectivity index (χ0v) is 14.5. The van der Waals surface area contributed by atoms with Crippen LogP contribution in [0.1, 0.15) is 18.5 Å². The molecule has 0 aliphatic carbocycles. The highest BCUT2D eigenvalue weighted by Crippen LogP contribution is 2.24. The molecule has 1 aliphatic rings. The second-order valence-corrected chi connectivity index (χ2v) is 6.98. The first-order chi connectivity index (χ1) is 11.7. The monoisotopic (exact) mass is 345 g/mol. The zero-order valence-electron chi connectivity index (χ0n) is 13.7. The zero-order chi connectivity index (χ0) is 16.8. The van der Waals surface area contributed by atoms with E-state index in [1.54, 1.807) is 11.3 Å². The summed E-state index contributed by atoms with van der Waals surface area (Å²) < 4.78 is 0. The molecule has 1 aromatic heterocycles. The minimum absolute atomic E-state index is 0.265. The first-order valence-electron chi connectivity index (χ1n) is 8.37. The maximum atomic E-state index is 10.6. The third-order valence-corrected chi connectivity index (χ3v) is 5.23. The van der Waals surface area contributed by atoms with Crippen LogP contribution in [0.25, 0.3) is 10.6 Å². The lowest BCUT2D eigenvalue weighted by molar-refractivity contribution is -0.137. The van der Waals surface area contributed by atoms with E-state index in [0.717, 1.165) is 56.4 Å². The molecule has 2 heterocycles. The Morgan fingerprint density at radius 1 is 1.12 bits per heavy atom. The molecule has 2 aromatic rings. The fourth-order valence-electron chi connectivity index (χ4n) is 2.95. The summed E-state index contributed by atoms with van der Waals surface area (Å²) >= 11 is 1.70. The molecule has 0 atom stereocenters. The lowest BCUT2D eigenvalue weighted by Crippen LogP contribution is -2.46. The van der Waals surface area contributed by atoms with Gasteiger partial charge in [0.2, 0.25) is 0 Å². The molecule has 1 N–H and O–H groups in total. The van der Waals surface area contributed by atoms with E-state index >= 15 is 0 Å². The molecule has 128 valence electrons. The van der Waals surface area contributed by atoms with Crippen LogP contribution in [0.4, 0.5) is 0 Å². The molecule has 1 saturated heterocycles. The summed E-state index contributed by atoms with van der Waals surface area (Å²) in [5.41, 5.74) is 2.31. The number of carboxylic acid groups (broad SMARTS) is 1. The maximum Gasteiger partial charge on any atom is 0.303 e. The van der Waals surface area contributed by atoms with Gasteiger partial charge in [0.15, 0.2) is 0 Å². The standard InChI is InChI=1S/C18H23N3O2S/c22-17(23)7-4-8-20-9-11-21(12-10-20)13-16-14-24-18(19-16)15-5-2-1-3-6-15/h1-3,5-6,14H,4,7-13H2,(H,22,23). The van der Waals surface area contributed by atoms with Crippen molar-refractivity contribution in [3.8, 4) is 10.6 Å². The van der Waals surface area contributed by atoms with E-state index in [1.807, 2.05) is 18.2 Å². The van der Waals surface area contributed by atoms with Gasteiger partial charge in [0, 0.05) is 50.1 Å². The van der Waals surface area contributed by atoms with Gasteiger partial charge in [-0.3, -0.25) is 9.69 Å². The van der Waals surface area contributed by atoms with Gasteiger partial charge >= 0.3 is 5.97 Å². The van der Waals surface area contributed by atoms with E-state index in [1.165, 1.54) is 5.56 Å². The van der Waals surface area contributed by atoms with Crippen LogP contribution in [0.5, 0.6) is 0 Å². The van der Waals surface area contributed by atoms with Crippen molar-refractivity contribution in [1.29, 1.82) is 0 Å². The van der Waals surface area contributed by atoms with Crippen molar-refractivity contribution in [2.75, 3.05) is 32.7 Å². The summed E-state index contributed by atoms with van der Waals surface area (Å²) in [6.45, 7) is 5.84. The highest BCUT2D eigenvalue weighted by molar-refractivity contribution is 7.13. The molecule has 5 nitrogen and oxygen atoms in total. The summed E-state index contributed by atoms with van der Waals surface area (Å²) in [6.07, 6.45) is 1.00. The van der Waals surface area contributed by atoms with Crippen molar-refractivity contribution in [3.63, 3.8) is 0 Å². The van der Waals surface area contributed by atoms with Gasteiger partial charge < -0.3 is 10.0 Å². The number of hydrogen-bond acceptors (Lipinski definition) is 5. The second kappa shape index (κ2) is 8.37. The van der Waals surface area contributed by atoms with Gasteiger partial charge in [-0.25, -0.2) is 4.98 Å². The molecule has 1 aliphatic heterocycles. The SMILES string of the molecule is O=C(O)CCCN1CCN(Cc2csc(-c3ccccc3)n2)CC1. The molecule has 0 bridgehead atoms. The van der Waals surface area contributed by atoms with Crippen molar-refractivity contribution in [3.05, 3.63) is 41.4 Å². The third-order valence-electron chi connectivity index (χ3n) is 4.29. The number of aliphatic carboxylic acids is 1. The number of nitrogens with zero attached hydrogens (tertiary/aromatic N) is 3. The number of benzene rings is 1. The molecule has 1 fully saturated rings. The number of hydrogen-bond donors (Lipinski definition) is 1. The van der Waals surface area contributed by atoms with Gasteiger partial charge in [0.05, 0.1) is 5.69 Å². The molecular weight excluding hydrogens is 322 g/mol. The second-order valence-electron chi connectivity index (χ2n) is 6.13. The van der Waals surface area contributed by atoms with Gasteiger partial charge in [-0.15, -0.1) is 11.3 Å². The topological polar surface area (TPSA) is 56.7 Å². The van der Waals surface area contributed by atoms with Crippen molar-refractivity contribution in [1.82, 2.24) is 14.8 Å². The van der Waals surface area contributed by atoms with E-state index < -0.39 is 5.97 Å². The molecule has 6 heteroatoms. The molecule has 1 aromatic carbocycles. The average Bonchev–Trinajstić information content (AvgIpc) is 3.05. The van der Waals surface area contributed by atoms with E-state index in [0.29, 0.717) is 0 Å². The first kappa shape index (κ1) is 17.1. The molecule has 24 heavy (non-hydrogen) atoms. The molecule has 0 unspecified atom stereocenters. The quantitative estimate of drug-likeness (QED) is 0.836. The number of rotatable bonds is 7. The summed E-state index contributed by atoms with van der Waals surface area (Å²) in [4.78, 5) is 20.1. The Kier molecular flexibility index (Phi) is 5.96. The molecule has 3 rings (SSSR count). The Morgan fingerprint density at radius 2 is 1.83 bits per heavy atom. The number of thiazole rings is 1. The van der Waals surface area contributed by atoms with Gasteiger partial charge in [0.25, 0.3) is 0 Å². The minimum Gasteiger partial charge on any atom is -0.481 e. The van der Waals surface area contributed by atoms with Gasteiger partial charge in [-0.1, -0.05) is 30.3 Å². The molecule has 0 radical (unpaired) electrons. The Bertz CT molecular complexity index is 651. The predicted molar refractivity (Wildman–Crippen MR) is 96.1 cm³/mol. The van der Waals surface area contributed by atoms with Crippen molar-refractivity contribution in [2.45, 2.75) is 19.4 Å². The third kappa shape index (κ3) is 4.87. The van der Waals surface area contributed by atoms with Gasteiger partial charge in [0.1, 0.15) is 5.01 Å². The summed E-state index contributed by atoms with van der Waals surface area (Å²) in [5, 5.41) is 11.9. The van der Waals surface area contributed by atoms with Crippen molar-refractivity contribution in [2.24, 2.45) is 0 Å². The Morgan fingerprint density at radius 3 is 2.54 bits per heavy atom. The molecule has 0 amide bonds. The number of carbonyl (C=O) groups is 1. The summed E-state index contributed by atoms with van der Waals surface area (Å²) in [7, 11) is 0. The average molecular weight is 345 g/mol. The van der Waals surface area contributed by atoms with Crippen LogP contribution in [-0.4, -0.2) is 58.6 Å². The van der Waals surface area contributed by atoms with Crippen LogP contribution in [0.2, 0.25) is 0 Å². The van der Waals surface area contributed by atoms with Crippen LogP contribution in [-0.2, 0) is 11.3 Å². The van der Waals surface area contributed by atoms with Crippen molar-refractivity contribution < 1.29 is 9.90 Å². The lowest BCUT2D eigenvalue weighted by Gasteiger charge is -2.34. The van der Waals surface area contributed by atoms with Crippen molar-refractivity contribution >= 4 is 17.3 Å². The highest BCUT2D eigenvalue weighted by Gasteiger charge is 2.18. The molecule has 0 saturated carbocycles. The van der Waals surface area contributed by atoms with Crippen LogP contribution in [0.3, 0.4) is 0 Å². The predicted octanol–water partition coefficient (Wildman–Crippen LogP) is 2.79. The number of carboxylic acids is 1. The maximum absolute atomic E-state index is 10.6. The summed E-state index contributed by atoms with van der Waals surface area (Å²) in [5.74, 6) is -0.702. The van der Waals surface area contributed by atoms with E-state index in [-0.39, 0.29) is 6.42 Å². The lowest BCUT2D eigenvalue weighted by atomic mass is 10.2. The van der Waals surface area contributed by atoms with E-state index in [9.17, 15) is 4.79 Å². The van der Waals surface area contributed by atoms with Crippen LogP contribution >= 0.6 is 11.3 Å². The minimum atomic E-state index is -0.702. The van der Waals surface area contributed by atoms with Gasteiger partial charge in [-0.05, 0) is 13.0 Å². The Hall–Kier alpha value is -1.76. The fourth-order valence-corrected chi connectivity index (χ4v) is 3.76. The number of piperazine rings is 1.